The van der Waals surface area contributed by atoms with Crippen LogP contribution in [0.2, 0.25) is 0 Å². The number of pyridine rings is 1. The first-order valence-corrected chi connectivity index (χ1v) is 10.8. The summed E-state index contributed by atoms with van der Waals surface area (Å²) in [6.07, 6.45) is 11.9. The number of aromatic nitrogens is 3. The van der Waals surface area contributed by atoms with Crippen molar-refractivity contribution in [2.75, 3.05) is 0 Å². The van der Waals surface area contributed by atoms with Crippen LogP contribution in [0.5, 0.6) is 0 Å². The van der Waals surface area contributed by atoms with E-state index in [1.54, 1.807) is 58.8 Å². The molecule has 168 valence electrons. The number of rotatable bonds is 8. The van der Waals surface area contributed by atoms with Crippen molar-refractivity contribution >= 4 is 12.0 Å². The second-order valence-corrected chi connectivity index (χ2v) is 7.64. The summed E-state index contributed by atoms with van der Waals surface area (Å²) >= 11 is 0. The number of hydrogen-bond donors (Lipinski definition) is 0. The molecule has 5 aromatic rings. The molecule has 4 heterocycles. The lowest BCUT2D eigenvalue weighted by molar-refractivity contribution is -0.127. The number of carbonyl (C=O) groups is 1. The van der Waals surface area contributed by atoms with Crippen molar-refractivity contribution in [2.45, 2.75) is 13.1 Å². The molecule has 0 radical (unpaired) electrons. The Morgan fingerprint density at radius 3 is 2.26 bits per heavy atom. The monoisotopic (exact) mass is 450 g/mol. The molecule has 34 heavy (non-hydrogen) atoms. The Balaban J connectivity index is 1.45. The SMILES string of the molecule is O=C(/C=C/c1cn(-c2ccccc2)nc1-c1cccnc1)N(Cc1ccco1)Cc1ccco1. The van der Waals surface area contributed by atoms with Crippen molar-refractivity contribution in [1.82, 2.24) is 19.7 Å². The summed E-state index contributed by atoms with van der Waals surface area (Å²) in [5.41, 5.74) is 3.34. The molecule has 7 nitrogen and oxygen atoms in total. The lowest BCUT2D eigenvalue weighted by Gasteiger charge is -2.18. The fourth-order valence-electron chi connectivity index (χ4n) is 3.61. The molecule has 0 saturated heterocycles. The first kappa shape index (κ1) is 21.2. The third-order valence-electron chi connectivity index (χ3n) is 5.27. The number of hydrogen-bond acceptors (Lipinski definition) is 5. The zero-order chi connectivity index (χ0) is 23.2. The Morgan fingerprint density at radius 2 is 1.65 bits per heavy atom. The second-order valence-electron chi connectivity index (χ2n) is 7.64. The van der Waals surface area contributed by atoms with Crippen LogP contribution >= 0.6 is 0 Å². The van der Waals surface area contributed by atoms with Crippen LogP contribution in [0.1, 0.15) is 17.1 Å². The van der Waals surface area contributed by atoms with Crippen LogP contribution in [-0.2, 0) is 17.9 Å². The van der Waals surface area contributed by atoms with Crippen molar-refractivity contribution < 1.29 is 13.6 Å². The molecular formula is C27H22N4O3. The van der Waals surface area contributed by atoms with Crippen LogP contribution in [0.25, 0.3) is 23.0 Å². The standard InChI is InChI=1S/C27H22N4O3/c32-26(30(19-24-10-5-15-33-24)20-25-11-6-16-34-25)13-12-22-18-31(23-8-2-1-3-9-23)29-27(22)21-7-4-14-28-17-21/h1-18H,19-20H2/b13-12+. The van der Waals surface area contributed by atoms with Crippen LogP contribution in [0.3, 0.4) is 0 Å². The summed E-state index contributed by atoms with van der Waals surface area (Å²) in [7, 11) is 0. The maximum absolute atomic E-state index is 13.2. The van der Waals surface area contributed by atoms with E-state index < -0.39 is 0 Å². The third kappa shape index (κ3) is 4.88. The van der Waals surface area contributed by atoms with Gasteiger partial charge in [-0.05, 0) is 54.6 Å². The van der Waals surface area contributed by atoms with Crippen molar-refractivity contribution in [3.8, 4) is 16.9 Å². The van der Waals surface area contributed by atoms with E-state index >= 15 is 0 Å². The van der Waals surface area contributed by atoms with Gasteiger partial charge >= 0.3 is 0 Å². The zero-order valence-corrected chi connectivity index (χ0v) is 18.3. The molecule has 0 N–H and O–H groups in total. The van der Waals surface area contributed by atoms with E-state index in [4.69, 9.17) is 13.9 Å². The highest BCUT2D eigenvalue weighted by atomic mass is 16.3. The van der Waals surface area contributed by atoms with Crippen molar-refractivity contribution in [3.63, 3.8) is 0 Å². The smallest absolute Gasteiger partial charge is 0.247 e. The number of benzene rings is 1. The summed E-state index contributed by atoms with van der Waals surface area (Å²) < 4.78 is 12.7. The maximum atomic E-state index is 13.2. The first-order chi connectivity index (χ1) is 16.8. The number of carbonyl (C=O) groups excluding carboxylic acids is 1. The van der Waals surface area contributed by atoms with Gasteiger partial charge in [-0.2, -0.15) is 5.10 Å². The molecular weight excluding hydrogens is 428 g/mol. The van der Waals surface area contributed by atoms with Crippen LogP contribution in [0.15, 0.2) is 113 Å². The lowest BCUT2D eigenvalue weighted by Crippen LogP contribution is -2.28. The largest absolute Gasteiger partial charge is 0.467 e. The van der Waals surface area contributed by atoms with E-state index in [9.17, 15) is 4.79 Å². The van der Waals surface area contributed by atoms with Gasteiger partial charge in [0, 0.05) is 35.8 Å². The number of furan rings is 2. The van der Waals surface area contributed by atoms with Gasteiger partial charge in [0.15, 0.2) is 0 Å². The number of para-hydroxylation sites is 1. The van der Waals surface area contributed by atoms with Gasteiger partial charge in [-0.3, -0.25) is 9.78 Å². The van der Waals surface area contributed by atoms with Gasteiger partial charge in [0.25, 0.3) is 0 Å². The van der Waals surface area contributed by atoms with Crippen LogP contribution in [0.4, 0.5) is 0 Å². The summed E-state index contributed by atoms with van der Waals surface area (Å²) in [5, 5.41) is 4.77. The summed E-state index contributed by atoms with van der Waals surface area (Å²) in [6, 6.07) is 20.9. The van der Waals surface area contributed by atoms with E-state index in [1.165, 1.54) is 0 Å². The van der Waals surface area contributed by atoms with Gasteiger partial charge in [0.2, 0.25) is 5.91 Å². The van der Waals surface area contributed by atoms with Gasteiger partial charge in [0.1, 0.15) is 17.2 Å². The molecule has 1 aromatic carbocycles. The quantitative estimate of drug-likeness (QED) is 0.297. The minimum absolute atomic E-state index is 0.169. The molecule has 0 bridgehead atoms. The Bertz CT molecular complexity index is 1320. The molecule has 0 atom stereocenters. The fourth-order valence-corrected chi connectivity index (χ4v) is 3.61. The Morgan fingerprint density at radius 1 is 0.912 bits per heavy atom. The normalized spacial score (nSPS) is 11.2. The molecule has 4 aromatic heterocycles. The van der Waals surface area contributed by atoms with Gasteiger partial charge in [0.05, 0.1) is 31.3 Å². The minimum atomic E-state index is -0.169. The van der Waals surface area contributed by atoms with Gasteiger partial charge in [-0.25, -0.2) is 4.68 Å². The van der Waals surface area contributed by atoms with Crippen molar-refractivity contribution in [3.05, 3.63) is 121 Å². The average Bonchev–Trinajstić information content (AvgIpc) is 3.66. The molecule has 0 fully saturated rings. The first-order valence-electron chi connectivity index (χ1n) is 10.8. The highest BCUT2D eigenvalue weighted by molar-refractivity contribution is 5.92. The lowest BCUT2D eigenvalue weighted by atomic mass is 10.1. The highest BCUT2D eigenvalue weighted by Gasteiger charge is 2.16. The van der Waals surface area contributed by atoms with E-state index in [2.05, 4.69) is 4.98 Å². The molecule has 5 rings (SSSR count). The van der Waals surface area contributed by atoms with Crippen molar-refractivity contribution in [2.24, 2.45) is 0 Å². The van der Waals surface area contributed by atoms with E-state index in [-0.39, 0.29) is 5.91 Å². The fraction of sp³-hybridized carbons (Fsp3) is 0.0741. The molecule has 0 aliphatic carbocycles. The molecule has 0 saturated carbocycles. The molecule has 1 amide bonds. The topological polar surface area (TPSA) is 77.3 Å². The molecule has 0 spiro atoms. The minimum Gasteiger partial charge on any atom is -0.467 e. The molecule has 0 unspecified atom stereocenters. The number of amides is 1. The summed E-state index contributed by atoms with van der Waals surface area (Å²) in [4.78, 5) is 19.1. The number of nitrogens with zero attached hydrogens (tertiary/aromatic N) is 4. The predicted octanol–water partition coefficient (Wildman–Crippen LogP) is 5.36. The van der Waals surface area contributed by atoms with Gasteiger partial charge in [-0.15, -0.1) is 0 Å². The predicted molar refractivity (Wildman–Crippen MR) is 127 cm³/mol. The molecule has 0 aliphatic rings. The zero-order valence-electron chi connectivity index (χ0n) is 18.3. The van der Waals surface area contributed by atoms with E-state index in [0.717, 1.165) is 22.5 Å². The Hall–Kier alpha value is -4.65. The highest BCUT2D eigenvalue weighted by Crippen LogP contribution is 2.24. The van der Waals surface area contributed by atoms with Gasteiger partial charge in [-0.1, -0.05) is 18.2 Å². The van der Waals surface area contributed by atoms with Crippen molar-refractivity contribution in [1.29, 1.82) is 0 Å². The van der Waals surface area contributed by atoms with Crippen LogP contribution in [0, 0.1) is 0 Å². The van der Waals surface area contributed by atoms with Crippen LogP contribution in [-0.4, -0.2) is 25.6 Å². The second kappa shape index (κ2) is 9.87. The van der Waals surface area contributed by atoms with E-state index in [0.29, 0.717) is 24.6 Å². The Labute approximate surface area is 196 Å². The molecule has 0 aliphatic heterocycles. The maximum Gasteiger partial charge on any atom is 0.247 e. The third-order valence-corrected chi connectivity index (χ3v) is 5.27. The molecule has 7 heteroatoms. The summed E-state index contributed by atoms with van der Waals surface area (Å²) in [5.74, 6) is 1.22. The summed E-state index contributed by atoms with van der Waals surface area (Å²) in [6.45, 7) is 0.658. The van der Waals surface area contributed by atoms with E-state index in [1.807, 2.05) is 60.8 Å². The van der Waals surface area contributed by atoms with Gasteiger partial charge < -0.3 is 13.7 Å². The average molecular weight is 450 g/mol. The van der Waals surface area contributed by atoms with Crippen LogP contribution < -0.4 is 0 Å². The Kier molecular flexibility index (Phi) is 6.16.